The van der Waals surface area contributed by atoms with Crippen molar-refractivity contribution in [1.82, 2.24) is 4.98 Å². The standard InChI is InChI=1S/C25H13ClF4N2O/c26-18-6-4-15(5-7-18)21-13-23(16-2-1-3-17(12-16)25(28,29)30)32-24(22(21)14-31)33-20-10-8-19(27)9-11-20/h1-13H. The fraction of sp³-hybridized carbons (Fsp3) is 0.0400. The van der Waals surface area contributed by atoms with Gasteiger partial charge in [0, 0.05) is 16.1 Å². The van der Waals surface area contributed by atoms with Crippen LogP contribution in [0.5, 0.6) is 11.6 Å². The van der Waals surface area contributed by atoms with E-state index in [0.29, 0.717) is 16.1 Å². The molecule has 4 rings (SSSR count). The summed E-state index contributed by atoms with van der Waals surface area (Å²) in [6.07, 6.45) is -4.53. The highest BCUT2D eigenvalue weighted by atomic mass is 35.5. The number of alkyl halides is 3. The van der Waals surface area contributed by atoms with E-state index in [1.54, 1.807) is 24.3 Å². The SMILES string of the molecule is N#Cc1c(-c2ccc(Cl)cc2)cc(-c2cccc(C(F)(F)F)c2)nc1Oc1ccc(F)cc1. The average molecular weight is 469 g/mol. The van der Waals surface area contributed by atoms with Gasteiger partial charge in [-0.1, -0.05) is 35.9 Å². The van der Waals surface area contributed by atoms with Crippen LogP contribution in [0.2, 0.25) is 5.02 Å². The predicted molar refractivity (Wildman–Crippen MR) is 116 cm³/mol. The topological polar surface area (TPSA) is 45.9 Å². The van der Waals surface area contributed by atoms with Gasteiger partial charge in [0.05, 0.1) is 11.3 Å². The first-order valence-electron chi connectivity index (χ1n) is 9.57. The quantitative estimate of drug-likeness (QED) is 0.286. The molecule has 0 aliphatic heterocycles. The van der Waals surface area contributed by atoms with E-state index in [0.717, 1.165) is 12.1 Å². The minimum Gasteiger partial charge on any atom is -0.438 e. The first kappa shape index (κ1) is 22.3. The van der Waals surface area contributed by atoms with E-state index >= 15 is 0 Å². The third-order valence-electron chi connectivity index (χ3n) is 4.77. The zero-order valence-corrected chi connectivity index (χ0v) is 17.5. The monoisotopic (exact) mass is 468 g/mol. The van der Waals surface area contributed by atoms with E-state index in [9.17, 15) is 22.8 Å². The molecule has 0 aliphatic carbocycles. The Bertz CT molecular complexity index is 1350. The van der Waals surface area contributed by atoms with Gasteiger partial charge in [-0.15, -0.1) is 0 Å². The highest BCUT2D eigenvalue weighted by Crippen LogP contribution is 2.37. The summed E-state index contributed by atoms with van der Waals surface area (Å²) in [6.45, 7) is 0. The first-order valence-corrected chi connectivity index (χ1v) is 9.94. The first-order chi connectivity index (χ1) is 15.7. The maximum Gasteiger partial charge on any atom is 0.416 e. The molecule has 0 atom stereocenters. The van der Waals surface area contributed by atoms with Gasteiger partial charge < -0.3 is 4.74 Å². The molecule has 0 unspecified atom stereocenters. The second-order valence-corrected chi connectivity index (χ2v) is 7.42. The summed E-state index contributed by atoms with van der Waals surface area (Å²) in [5, 5.41) is 10.3. The predicted octanol–water partition coefficient (Wildman–Crippen LogP) is 7.89. The molecule has 3 nitrogen and oxygen atoms in total. The molecule has 0 saturated carbocycles. The molecule has 0 bridgehead atoms. The minimum absolute atomic E-state index is 0.0670. The van der Waals surface area contributed by atoms with Crippen molar-refractivity contribution in [2.24, 2.45) is 0 Å². The van der Waals surface area contributed by atoms with Crippen LogP contribution in [0.25, 0.3) is 22.4 Å². The van der Waals surface area contributed by atoms with Crippen LogP contribution in [0.4, 0.5) is 17.6 Å². The Morgan fingerprint density at radius 1 is 0.879 bits per heavy atom. The summed E-state index contributed by atoms with van der Waals surface area (Å²) in [7, 11) is 0. The summed E-state index contributed by atoms with van der Waals surface area (Å²) in [5.74, 6) is -0.386. The lowest BCUT2D eigenvalue weighted by Gasteiger charge is -2.14. The molecule has 0 fully saturated rings. The van der Waals surface area contributed by atoms with Gasteiger partial charge in [0.25, 0.3) is 0 Å². The van der Waals surface area contributed by atoms with E-state index in [2.05, 4.69) is 4.98 Å². The van der Waals surface area contributed by atoms with E-state index in [4.69, 9.17) is 16.3 Å². The van der Waals surface area contributed by atoms with Crippen LogP contribution in [-0.4, -0.2) is 4.98 Å². The number of hydrogen-bond donors (Lipinski definition) is 0. The van der Waals surface area contributed by atoms with Gasteiger partial charge in [0.1, 0.15) is 23.2 Å². The fourth-order valence-electron chi connectivity index (χ4n) is 3.18. The Balaban J connectivity index is 1.92. The highest BCUT2D eigenvalue weighted by molar-refractivity contribution is 6.30. The second kappa shape index (κ2) is 8.93. The van der Waals surface area contributed by atoms with Crippen LogP contribution < -0.4 is 4.74 Å². The molecule has 0 radical (unpaired) electrons. The fourth-order valence-corrected chi connectivity index (χ4v) is 3.30. The van der Waals surface area contributed by atoms with Crippen molar-refractivity contribution in [3.8, 4) is 40.1 Å². The van der Waals surface area contributed by atoms with Crippen LogP contribution in [0.3, 0.4) is 0 Å². The van der Waals surface area contributed by atoms with Crippen molar-refractivity contribution in [2.45, 2.75) is 6.18 Å². The zero-order chi connectivity index (χ0) is 23.6. The molecule has 4 aromatic rings. The Kier molecular flexibility index (Phi) is 6.03. The summed E-state index contributed by atoms with van der Waals surface area (Å²) < 4.78 is 58.8. The van der Waals surface area contributed by atoms with E-state index in [1.807, 2.05) is 6.07 Å². The number of aromatic nitrogens is 1. The van der Waals surface area contributed by atoms with Crippen LogP contribution in [0.15, 0.2) is 78.9 Å². The van der Waals surface area contributed by atoms with Gasteiger partial charge in [-0.25, -0.2) is 9.37 Å². The van der Waals surface area contributed by atoms with Gasteiger partial charge in [-0.2, -0.15) is 18.4 Å². The van der Waals surface area contributed by atoms with Crippen LogP contribution in [-0.2, 0) is 6.18 Å². The number of nitriles is 1. The Labute approximate surface area is 191 Å². The zero-order valence-electron chi connectivity index (χ0n) is 16.7. The molecular formula is C25H13ClF4N2O. The summed E-state index contributed by atoms with van der Waals surface area (Å²) in [6, 6.07) is 20.0. The molecule has 1 heterocycles. The molecule has 164 valence electrons. The highest BCUT2D eigenvalue weighted by Gasteiger charge is 2.30. The molecular weight excluding hydrogens is 456 g/mol. The van der Waals surface area contributed by atoms with Crippen molar-refractivity contribution in [3.05, 3.63) is 101 Å². The molecule has 0 spiro atoms. The van der Waals surface area contributed by atoms with E-state index in [-0.39, 0.29) is 28.5 Å². The number of halogens is 5. The number of hydrogen-bond acceptors (Lipinski definition) is 3. The third kappa shape index (κ3) is 4.97. The van der Waals surface area contributed by atoms with Crippen molar-refractivity contribution < 1.29 is 22.3 Å². The largest absolute Gasteiger partial charge is 0.438 e. The van der Waals surface area contributed by atoms with Crippen LogP contribution in [0, 0.1) is 17.1 Å². The Morgan fingerprint density at radius 3 is 2.21 bits per heavy atom. The van der Waals surface area contributed by atoms with Gasteiger partial charge in [-0.05, 0) is 60.2 Å². The normalized spacial score (nSPS) is 11.2. The third-order valence-corrected chi connectivity index (χ3v) is 5.02. The number of ether oxygens (including phenoxy) is 1. The number of benzene rings is 3. The molecule has 8 heteroatoms. The average Bonchev–Trinajstić information content (AvgIpc) is 2.80. The lowest BCUT2D eigenvalue weighted by atomic mass is 9.98. The maximum atomic E-state index is 13.3. The summed E-state index contributed by atoms with van der Waals surface area (Å²) in [4.78, 5) is 4.33. The molecule has 0 saturated heterocycles. The second-order valence-electron chi connectivity index (χ2n) is 6.99. The lowest BCUT2D eigenvalue weighted by molar-refractivity contribution is -0.137. The number of pyridine rings is 1. The Morgan fingerprint density at radius 2 is 1.58 bits per heavy atom. The molecule has 1 aromatic heterocycles. The summed E-state index contributed by atoms with van der Waals surface area (Å²) in [5.41, 5.74) is 0.581. The van der Waals surface area contributed by atoms with Gasteiger partial charge in [-0.3, -0.25) is 0 Å². The van der Waals surface area contributed by atoms with Crippen molar-refractivity contribution in [3.63, 3.8) is 0 Å². The van der Waals surface area contributed by atoms with Crippen LogP contribution >= 0.6 is 11.6 Å². The maximum absolute atomic E-state index is 13.3. The van der Waals surface area contributed by atoms with Crippen molar-refractivity contribution in [2.75, 3.05) is 0 Å². The van der Waals surface area contributed by atoms with E-state index < -0.39 is 17.6 Å². The number of nitrogens with zero attached hydrogens (tertiary/aromatic N) is 2. The van der Waals surface area contributed by atoms with Gasteiger partial charge in [0.2, 0.25) is 5.88 Å². The minimum atomic E-state index is -4.53. The Hall–Kier alpha value is -3.89. The molecule has 33 heavy (non-hydrogen) atoms. The number of rotatable bonds is 4. The smallest absolute Gasteiger partial charge is 0.416 e. The van der Waals surface area contributed by atoms with E-state index in [1.165, 1.54) is 42.5 Å². The molecule has 0 aliphatic rings. The lowest BCUT2D eigenvalue weighted by Crippen LogP contribution is -2.05. The van der Waals surface area contributed by atoms with Gasteiger partial charge in [0.15, 0.2) is 0 Å². The van der Waals surface area contributed by atoms with Crippen LogP contribution in [0.1, 0.15) is 11.1 Å². The molecule has 3 aromatic carbocycles. The van der Waals surface area contributed by atoms with Crippen molar-refractivity contribution in [1.29, 1.82) is 5.26 Å². The van der Waals surface area contributed by atoms with Crippen molar-refractivity contribution >= 4 is 11.6 Å². The molecule has 0 amide bonds. The molecule has 0 N–H and O–H groups in total. The van der Waals surface area contributed by atoms with Gasteiger partial charge >= 0.3 is 6.18 Å². The summed E-state index contributed by atoms with van der Waals surface area (Å²) >= 11 is 5.97.